The highest BCUT2D eigenvalue weighted by Gasteiger charge is 2.38. The van der Waals surface area contributed by atoms with Gasteiger partial charge in [-0.2, -0.15) is 18.3 Å². The number of benzene rings is 1. The van der Waals surface area contributed by atoms with Crippen LogP contribution in [0.25, 0.3) is 0 Å². The van der Waals surface area contributed by atoms with Crippen molar-refractivity contribution in [2.75, 3.05) is 6.61 Å². The maximum atomic E-state index is 10.6. The highest BCUT2D eigenvalue weighted by Crippen LogP contribution is 2.45. The highest BCUT2D eigenvalue weighted by atomic mass is 35.5. The fourth-order valence-electron chi connectivity index (χ4n) is 3.23. The van der Waals surface area contributed by atoms with Crippen LogP contribution in [-0.2, 0) is 18.3 Å². The zero-order valence-electron chi connectivity index (χ0n) is 15.9. The van der Waals surface area contributed by atoms with Crippen LogP contribution in [0, 0.1) is 6.92 Å². The monoisotopic (exact) mass is 450 g/mol. The number of aromatic nitrogens is 2. The first-order valence-electron chi connectivity index (χ1n) is 8.88. The van der Waals surface area contributed by atoms with E-state index >= 15 is 0 Å². The number of aryl methyl sites for hydroxylation is 2. The summed E-state index contributed by atoms with van der Waals surface area (Å²) >= 11 is 7.99. The topological polar surface area (TPSA) is 75.3 Å². The van der Waals surface area contributed by atoms with E-state index in [0.29, 0.717) is 5.25 Å². The normalized spacial score (nSPS) is 19.0. The third-order valence-electron chi connectivity index (χ3n) is 4.55. The number of thioether (sulfide) groups is 1. The van der Waals surface area contributed by atoms with Crippen molar-refractivity contribution in [3.8, 4) is 0 Å². The Labute approximate surface area is 175 Å². The fourth-order valence-corrected chi connectivity index (χ4v) is 4.99. The lowest BCUT2D eigenvalue weighted by atomic mass is 10.00. The number of carboxylic acids is 1. The highest BCUT2D eigenvalue weighted by molar-refractivity contribution is 8.00. The van der Waals surface area contributed by atoms with Gasteiger partial charge in [-0.15, -0.1) is 11.8 Å². The Morgan fingerprint density at radius 2 is 1.93 bits per heavy atom. The lowest BCUT2D eigenvalue weighted by Gasteiger charge is -2.21. The molecule has 1 aromatic heterocycles. The van der Waals surface area contributed by atoms with E-state index in [0.717, 1.165) is 30.0 Å². The van der Waals surface area contributed by atoms with E-state index in [1.165, 1.54) is 16.8 Å². The van der Waals surface area contributed by atoms with Crippen LogP contribution in [0.1, 0.15) is 40.6 Å². The molecule has 0 amide bonds. The average molecular weight is 451 g/mol. The molecule has 1 aromatic carbocycles. The van der Waals surface area contributed by atoms with Crippen molar-refractivity contribution in [1.29, 1.82) is 0 Å². The van der Waals surface area contributed by atoms with E-state index in [4.69, 9.17) is 21.5 Å². The van der Waals surface area contributed by atoms with Crippen LogP contribution in [0.2, 0.25) is 5.02 Å². The molecule has 0 radical (unpaired) electrons. The van der Waals surface area contributed by atoms with E-state index in [9.17, 15) is 18.3 Å². The third-order valence-corrected chi connectivity index (χ3v) is 6.44. The van der Waals surface area contributed by atoms with Crippen LogP contribution in [0.3, 0.4) is 0 Å². The third kappa shape index (κ3) is 6.13. The van der Waals surface area contributed by atoms with Gasteiger partial charge in [0.15, 0.2) is 0 Å². The first-order chi connectivity index (χ1) is 13.5. The molecule has 29 heavy (non-hydrogen) atoms. The molecule has 5 nitrogen and oxygen atoms in total. The molecule has 0 aliphatic carbocycles. The largest absolute Gasteiger partial charge is 0.490 e. The molecule has 1 aliphatic rings. The Morgan fingerprint density at radius 1 is 1.34 bits per heavy atom. The maximum absolute atomic E-state index is 10.6. The number of carbonyl (C=O) groups is 1. The van der Waals surface area contributed by atoms with Gasteiger partial charge in [-0.05, 0) is 43.9 Å². The minimum atomic E-state index is -5.08. The van der Waals surface area contributed by atoms with Gasteiger partial charge in [-0.1, -0.05) is 23.7 Å². The fraction of sp³-hybridized carbons (Fsp3) is 0.474. The Bertz CT molecular complexity index is 840. The number of hydrogen-bond donors (Lipinski definition) is 2. The van der Waals surface area contributed by atoms with Crippen LogP contribution in [-0.4, -0.2) is 44.0 Å². The van der Waals surface area contributed by atoms with Crippen LogP contribution < -0.4 is 0 Å². The van der Waals surface area contributed by atoms with E-state index in [-0.39, 0.29) is 11.9 Å². The second-order valence-corrected chi connectivity index (χ2v) is 8.46. The molecule has 2 unspecified atom stereocenters. The summed E-state index contributed by atoms with van der Waals surface area (Å²) in [7, 11) is 2.03. The van der Waals surface area contributed by atoms with Crippen molar-refractivity contribution in [2.24, 2.45) is 7.05 Å². The Balaban J connectivity index is 0.000000370. The number of aliphatic carboxylic acids is 1. The van der Waals surface area contributed by atoms with E-state index in [1.54, 1.807) is 0 Å². The van der Waals surface area contributed by atoms with Crippen LogP contribution in [0.4, 0.5) is 13.2 Å². The molecule has 10 heteroatoms. The Morgan fingerprint density at radius 3 is 2.45 bits per heavy atom. The maximum Gasteiger partial charge on any atom is 0.490 e. The molecule has 0 bridgehead atoms. The first-order valence-corrected chi connectivity index (χ1v) is 10.2. The molecular formula is C19H22ClF3N2O3S. The first kappa shape index (κ1) is 23.6. The quantitative estimate of drug-likeness (QED) is 0.718. The molecule has 0 fully saturated rings. The van der Waals surface area contributed by atoms with Crippen molar-refractivity contribution in [3.63, 3.8) is 0 Å². The smallest absolute Gasteiger partial charge is 0.475 e. The van der Waals surface area contributed by atoms with Gasteiger partial charge in [0.2, 0.25) is 0 Å². The molecule has 0 saturated carbocycles. The van der Waals surface area contributed by atoms with Crippen LogP contribution >= 0.6 is 23.4 Å². The number of rotatable bonds is 3. The standard InChI is InChI=1S/C17H21ClN2OS.C2HF3O2/c1-11-16-15(20(2)19-11)8-7-14(9-10-21)22-17(16)12-3-5-13(18)6-4-12;3-2(4,5)1(6)7/h3-6,14,17,21H,7-10H2,1-2H3;(H,6,7). The number of hydrogen-bond acceptors (Lipinski definition) is 4. The Kier molecular flexibility index (Phi) is 8.02. The molecule has 2 heterocycles. The number of carboxylic acid groups (broad SMARTS) is 1. The SMILES string of the molecule is Cc1nn(C)c2c1C(c1ccc(Cl)cc1)SC(CCO)CC2.O=C(O)C(F)(F)F. The molecule has 0 saturated heterocycles. The number of halogens is 4. The molecule has 0 spiro atoms. The molecule has 2 aromatic rings. The molecule has 3 rings (SSSR count). The number of nitrogens with zero attached hydrogens (tertiary/aromatic N) is 2. The summed E-state index contributed by atoms with van der Waals surface area (Å²) < 4.78 is 33.8. The van der Waals surface area contributed by atoms with Gasteiger partial charge >= 0.3 is 12.1 Å². The summed E-state index contributed by atoms with van der Waals surface area (Å²) in [4.78, 5) is 8.90. The second-order valence-electron chi connectivity index (χ2n) is 6.61. The summed E-state index contributed by atoms with van der Waals surface area (Å²) in [5.41, 5.74) is 5.03. The van der Waals surface area contributed by atoms with Gasteiger partial charge in [0.25, 0.3) is 0 Å². The summed E-state index contributed by atoms with van der Waals surface area (Å²) in [5, 5.41) is 22.6. The zero-order chi connectivity index (χ0) is 21.8. The van der Waals surface area contributed by atoms with Crippen molar-refractivity contribution in [2.45, 2.75) is 42.9 Å². The summed E-state index contributed by atoms with van der Waals surface area (Å²) in [6, 6.07) is 8.12. The van der Waals surface area contributed by atoms with Crippen LogP contribution in [0.5, 0.6) is 0 Å². The van der Waals surface area contributed by atoms with Crippen molar-refractivity contribution >= 4 is 29.3 Å². The number of alkyl halides is 3. The van der Waals surface area contributed by atoms with Gasteiger partial charge < -0.3 is 10.2 Å². The number of aliphatic hydroxyl groups excluding tert-OH is 1. The molecule has 2 N–H and O–H groups in total. The predicted molar refractivity (Wildman–Crippen MR) is 106 cm³/mol. The minimum Gasteiger partial charge on any atom is -0.475 e. The summed E-state index contributed by atoms with van der Waals surface area (Å²) in [6.45, 7) is 2.34. The van der Waals surface area contributed by atoms with E-state index in [1.807, 2.05) is 35.6 Å². The van der Waals surface area contributed by atoms with Crippen molar-refractivity contribution < 1.29 is 28.2 Å². The lowest BCUT2D eigenvalue weighted by Crippen LogP contribution is -2.21. The molecular weight excluding hydrogens is 429 g/mol. The summed E-state index contributed by atoms with van der Waals surface area (Å²) in [6.07, 6.45) is -2.13. The van der Waals surface area contributed by atoms with Crippen molar-refractivity contribution in [1.82, 2.24) is 9.78 Å². The number of fused-ring (bicyclic) bond motifs is 1. The summed E-state index contributed by atoms with van der Waals surface area (Å²) in [5.74, 6) is -2.76. The van der Waals surface area contributed by atoms with Gasteiger partial charge in [0, 0.05) is 35.2 Å². The van der Waals surface area contributed by atoms with Gasteiger partial charge in [0.05, 0.1) is 10.9 Å². The number of aliphatic hydroxyl groups is 1. The lowest BCUT2D eigenvalue weighted by molar-refractivity contribution is -0.192. The van der Waals surface area contributed by atoms with Crippen molar-refractivity contribution in [3.05, 3.63) is 51.8 Å². The molecule has 160 valence electrons. The van der Waals surface area contributed by atoms with Gasteiger partial charge in [-0.3, -0.25) is 4.68 Å². The minimum absolute atomic E-state index is 0.249. The van der Waals surface area contributed by atoms with E-state index in [2.05, 4.69) is 24.2 Å². The van der Waals surface area contributed by atoms with E-state index < -0.39 is 12.1 Å². The predicted octanol–water partition coefficient (Wildman–Crippen LogP) is 4.54. The second kappa shape index (κ2) is 9.86. The molecule has 1 aliphatic heterocycles. The zero-order valence-corrected chi connectivity index (χ0v) is 17.5. The van der Waals surface area contributed by atoms with Gasteiger partial charge in [-0.25, -0.2) is 4.79 Å². The van der Waals surface area contributed by atoms with Gasteiger partial charge in [0.1, 0.15) is 0 Å². The average Bonchev–Trinajstić information content (AvgIpc) is 2.79. The molecule has 2 atom stereocenters. The Hall–Kier alpha value is -1.71. The van der Waals surface area contributed by atoms with Crippen LogP contribution in [0.15, 0.2) is 24.3 Å².